The van der Waals surface area contributed by atoms with Crippen molar-refractivity contribution in [2.24, 2.45) is 0 Å². The summed E-state index contributed by atoms with van der Waals surface area (Å²) >= 11 is 7.10. The fourth-order valence-electron chi connectivity index (χ4n) is 3.55. The van der Waals surface area contributed by atoms with Gasteiger partial charge in [-0.15, -0.1) is 11.8 Å². The summed E-state index contributed by atoms with van der Waals surface area (Å²) in [6.45, 7) is 1.75. The van der Waals surface area contributed by atoms with Crippen LogP contribution < -0.4 is 16.0 Å². The Balaban J connectivity index is 1.41. The lowest BCUT2D eigenvalue weighted by molar-refractivity contribution is -0.115. The number of hydrogen-bond acceptors (Lipinski definition) is 4. The predicted octanol–water partition coefficient (Wildman–Crippen LogP) is 7.01. The third-order valence-electron chi connectivity index (χ3n) is 5.62. The average Bonchev–Trinajstić information content (AvgIpc) is 2.96. The van der Waals surface area contributed by atoms with Crippen molar-refractivity contribution in [3.05, 3.63) is 131 Å². The number of thioether (sulfide) groups is 1. The Morgan fingerprint density at radius 2 is 1.45 bits per heavy atom. The monoisotopic (exact) mass is 573 g/mol. The van der Waals surface area contributed by atoms with E-state index >= 15 is 0 Å². The molecule has 0 heterocycles. The lowest BCUT2D eigenvalue weighted by Crippen LogP contribution is -2.30. The molecule has 202 valence electrons. The van der Waals surface area contributed by atoms with Crippen molar-refractivity contribution < 1.29 is 18.8 Å². The van der Waals surface area contributed by atoms with E-state index in [0.29, 0.717) is 16.9 Å². The van der Waals surface area contributed by atoms with Crippen LogP contribution in [0.1, 0.15) is 22.8 Å². The molecule has 4 rings (SSSR count). The van der Waals surface area contributed by atoms with Gasteiger partial charge in [0.15, 0.2) is 0 Å². The van der Waals surface area contributed by atoms with Gasteiger partial charge in [-0.3, -0.25) is 14.4 Å². The number of carbonyl (C=O) groups is 3. The zero-order valence-electron chi connectivity index (χ0n) is 21.4. The number of carbonyl (C=O) groups excluding carboxylic acids is 3. The van der Waals surface area contributed by atoms with Gasteiger partial charge in [-0.25, -0.2) is 4.39 Å². The van der Waals surface area contributed by atoms with Crippen molar-refractivity contribution in [3.63, 3.8) is 0 Å². The molecule has 0 radical (unpaired) electrons. The van der Waals surface area contributed by atoms with E-state index in [1.807, 2.05) is 30.3 Å². The topological polar surface area (TPSA) is 87.3 Å². The Morgan fingerprint density at radius 3 is 2.10 bits per heavy atom. The van der Waals surface area contributed by atoms with E-state index in [9.17, 15) is 18.8 Å². The summed E-state index contributed by atoms with van der Waals surface area (Å²) < 4.78 is 13.4. The minimum Gasteiger partial charge on any atom is -0.325 e. The zero-order chi connectivity index (χ0) is 28.5. The number of benzene rings is 4. The van der Waals surface area contributed by atoms with Crippen LogP contribution in [-0.2, 0) is 9.59 Å². The van der Waals surface area contributed by atoms with Crippen LogP contribution in [0.4, 0.5) is 15.8 Å². The summed E-state index contributed by atoms with van der Waals surface area (Å²) in [5.74, 6) is -1.72. The minimum atomic E-state index is -0.560. The molecule has 40 heavy (non-hydrogen) atoms. The van der Waals surface area contributed by atoms with Crippen LogP contribution in [0, 0.1) is 5.82 Å². The quantitative estimate of drug-likeness (QED) is 0.148. The van der Waals surface area contributed by atoms with E-state index in [1.54, 1.807) is 67.6 Å². The van der Waals surface area contributed by atoms with E-state index in [0.717, 1.165) is 10.5 Å². The molecule has 6 nitrogen and oxygen atoms in total. The summed E-state index contributed by atoms with van der Waals surface area (Å²) in [7, 11) is 0. The summed E-state index contributed by atoms with van der Waals surface area (Å²) in [5.41, 5.74) is 2.19. The van der Waals surface area contributed by atoms with E-state index < -0.39 is 22.9 Å². The van der Waals surface area contributed by atoms with Crippen molar-refractivity contribution in [2.45, 2.75) is 17.1 Å². The van der Waals surface area contributed by atoms with Crippen molar-refractivity contribution in [1.82, 2.24) is 5.32 Å². The van der Waals surface area contributed by atoms with Crippen LogP contribution in [-0.4, -0.2) is 23.0 Å². The van der Waals surface area contributed by atoms with Gasteiger partial charge in [-0.2, -0.15) is 0 Å². The number of rotatable bonds is 9. The minimum absolute atomic E-state index is 0.0721. The molecule has 1 atom stereocenters. The molecule has 0 aliphatic heterocycles. The van der Waals surface area contributed by atoms with Gasteiger partial charge in [0.2, 0.25) is 5.91 Å². The summed E-state index contributed by atoms with van der Waals surface area (Å²) in [6.07, 6.45) is 1.61. The van der Waals surface area contributed by atoms with Gasteiger partial charge in [0.1, 0.15) is 11.5 Å². The lowest BCUT2D eigenvalue weighted by atomic mass is 10.1. The largest absolute Gasteiger partial charge is 0.325 e. The highest BCUT2D eigenvalue weighted by molar-refractivity contribution is 8.00. The van der Waals surface area contributed by atoms with Gasteiger partial charge in [0, 0.05) is 21.8 Å². The predicted molar refractivity (Wildman–Crippen MR) is 159 cm³/mol. The van der Waals surface area contributed by atoms with Crippen LogP contribution in [0.2, 0.25) is 5.02 Å². The van der Waals surface area contributed by atoms with Gasteiger partial charge >= 0.3 is 0 Å². The molecule has 3 amide bonds. The second-order valence-electron chi connectivity index (χ2n) is 8.65. The highest BCUT2D eigenvalue weighted by Gasteiger charge is 2.17. The van der Waals surface area contributed by atoms with Crippen molar-refractivity contribution >= 4 is 58.5 Å². The molecule has 0 saturated heterocycles. The van der Waals surface area contributed by atoms with Crippen LogP contribution >= 0.6 is 23.4 Å². The molecule has 1 unspecified atom stereocenters. The Hall–Kier alpha value is -4.40. The maximum absolute atomic E-state index is 13.4. The summed E-state index contributed by atoms with van der Waals surface area (Å²) in [5, 5.41) is 7.71. The number of amides is 3. The van der Waals surface area contributed by atoms with Crippen LogP contribution in [0.25, 0.3) is 6.08 Å². The Labute approximate surface area is 240 Å². The highest BCUT2D eigenvalue weighted by Crippen LogP contribution is 2.27. The van der Waals surface area contributed by atoms with Crippen molar-refractivity contribution in [3.8, 4) is 0 Å². The van der Waals surface area contributed by atoms with Gasteiger partial charge in [0.25, 0.3) is 11.8 Å². The van der Waals surface area contributed by atoms with Crippen LogP contribution in [0.15, 0.2) is 114 Å². The average molecular weight is 574 g/mol. The first-order chi connectivity index (χ1) is 19.3. The summed E-state index contributed by atoms with van der Waals surface area (Å²) in [4.78, 5) is 39.3. The maximum Gasteiger partial charge on any atom is 0.272 e. The Kier molecular flexibility index (Phi) is 9.72. The molecule has 4 aromatic carbocycles. The third-order valence-corrected chi connectivity index (χ3v) is 7.02. The first kappa shape index (κ1) is 28.6. The lowest BCUT2D eigenvalue weighted by Gasteiger charge is -2.14. The second kappa shape index (κ2) is 13.6. The van der Waals surface area contributed by atoms with Gasteiger partial charge in [0.05, 0.1) is 10.3 Å². The molecule has 0 fully saturated rings. The smallest absolute Gasteiger partial charge is 0.272 e. The SMILES string of the molecule is CC(Sc1ccc(NC(=O)/C(=C/c2ccccc2)NC(=O)c2ccccc2)cc1)C(=O)Nc1ccc(F)c(Cl)c1. The molecule has 0 aromatic heterocycles. The first-order valence-corrected chi connectivity index (χ1v) is 13.5. The molecule has 0 aliphatic carbocycles. The fraction of sp³-hybridized carbons (Fsp3) is 0.0645. The van der Waals surface area contributed by atoms with Gasteiger partial charge < -0.3 is 16.0 Å². The number of hydrogen-bond donors (Lipinski definition) is 3. The highest BCUT2D eigenvalue weighted by atomic mass is 35.5. The maximum atomic E-state index is 13.4. The van der Waals surface area contributed by atoms with Crippen molar-refractivity contribution in [2.75, 3.05) is 10.6 Å². The molecule has 0 aliphatic rings. The summed E-state index contributed by atoms with van der Waals surface area (Å²) in [6, 6.07) is 28.8. The number of nitrogens with one attached hydrogen (secondary N) is 3. The first-order valence-electron chi connectivity index (χ1n) is 12.3. The second-order valence-corrected chi connectivity index (χ2v) is 10.5. The number of halogens is 2. The standard InChI is InChI=1S/C31H25ClFN3O3S/c1-20(29(37)35-24-14-17-27(33)26(32)19-24)40-25-15-12-23(13-16-25)34-31(39)28(18-21-8-4-2-5-9-21)36-30(38)22-10-6-3-7-11-22/h2-20H,1H3,(H,34,39)(H,35,37)(H,36,38)/b28-18-. The van der Waals surface area contributed by atoms with E-state index in [4.69, 9.17) is 11.6 Å². The Bertz CT molecular complexity index is 1530. The van der Waals surface area contributed by atoms with Gasteiger partial charge in [-0.05, 0) is 73.2 Å². The molecule has 0 spiro atoms. The molecule has 4 aromatic rings. The zero-order valence-corrected chi connectivity index (χ0v) is 22.9. The van der Waals surface area contributed by atoms with E-state index in [1.165, 1.54) is 30.0 Å². The van der Waals surface area contributed by atoms with Gasteiger partial charge in [-0.1, -0.05) is 60.1 Å². The molecular formula is C31H25ClFN3O3S. The molecule has 9 heteroatoms. The fourth-order valence-corrected chi connectivity index (χ4v) is 4.60. The third kappa shape index (κ3) is 8.05. The van der Waals surface area contributed by atoms with E-state index in [-0.39, 0.29) is 16.6 Å². The number of anilines is 2. The molecular weight excluding hydrogens is 549 g/mol. The molecule has 0 bridgehead atoms. The van der Waals surface area contributed by atoms with Crippen LogP contribution in [0.5, 0.6) is 0 Å². The molecule has 3 N–H and O–H groups in total. The van der Waals surface area contributed by atoms with E-state index in [2.05, 4.69) is 16.0 Å². The normalized spacial score (nSPS) is 11.8. The van der Waals surface area contributed by atoms with Crippen molar-refractivity contribution in [1.29, 1.82) is 0 Å². The van der Waals surface area contributed by atoms with Crippen LogP contribution in [0.3, 0.4) is 0 Å². The molecule has 0 saturated carbocycles. The Morgan fingerprint density at radius 1 is 0.825 bits per heavy atom.